The maximum Gasteiger partial charge on any atom is 0.336 e. The number of nitrogens with one attached hydrogen (secondary N) is 2. The summed E-state index contributed by atoms with van der Waals surface area (Å²) < 4.78 is 6.15. The largest absolute Gasteiger partial charge is 0.456 e. The van der Waals surface area contributed by atoms with E-state index >= 15 is 0 Å². The van der Waals surface area contributed by atoms with Gasteiger partial charge in [-0.25, -0.2) is 9.59 Å². The van der Waals surface area contributed by atoms with Crippen LogP contribution in [-0.4, -0.2) is 42.1 Å². The summed E-state index contributed by atoms with van der Waals surface area (Å²) in [5.74, 6) is -1.65. The number of hydrogen-bond donors (Lipinski definition) is 2. The summed E-state index contributed by atoms with van der Waals surface area (Å²) in [6.45, 7) is 4.66. The average molecular weight is 434 g/mol. The number of hydrogen-bond acceptors (Lipinski definition) is 5. The number of nitrogens with zero attached hydrogens (tertiary/aromatic N) is 1. The van der Waals surface area contributed by atoms with Gasteiger partial charge in [0.15, 0.2) is 0 Å². The molecule has 0 radical (unpaired) electrons. The molecule has 0 spiro atoms. The van der Waals surface area contributed by atoms with E-state index in [4.69, 9.17) is 4.74 Å². The van der Waals surface area contributed by atoms with Gasteiger partial charge in [0.25, 0.3) is 0 Å². The Kier molecular flexibility index (Phi) is 4.46. The third kappa shape index (κ3) is 3.01. The summed E-state index contributed by atoms with van der Waals surface area (Å²) in [6, 6.07) is 7.13. The molecule has 1 fully saturated rings. The van der Waals surface area contributed by atoms with Crippen LogP contribution >= 0.6 is 15.9 Å². The van der Waals surface area contributed by atoms with Crippen LogP contribution in [0, 0.1) is 11.8 Å². The number of rotatable bonds is 3. The average Bonchev–Trinajstić information content (AvgIpc) is 2.98. The second-order valence-electron chi connectivity index (χ2n) is 7.45. The minimum Gasteiger partial charge on any atom is -0.456 e. The van der Waals surface area contributed by atoms with E-state index in [9.17, 15) is 14.4 Å². The normalized spacial score (nSPS) is 27.2. The van der Waals surface area contributed by atoms with Crippen LogP contribution in [0.3, 0.4) is 0 Å². The molecule has 3 atom stereocenters. The minimum absolute atomic E-state index is 0.135. The summed E-state index contributed by atoms with van der Waals surface area (Å²) in [7, 11) is 0. The number of amides is 3. The third-order valence-corrected chi connectivity index (χ3v) is 5.67. The number of esters is 1. The molecular formula is C19H20BrN3O4. The lowest BCUT2D eigenvalue weighted by Crippen LogP contribution is -2.68. The van der Waals surface area contributed by atoms with Crippen LogP contribution in [0.15, 0.2) is 40.0 Å². The first-order valence-electron chi connectivity index (χ1n) is 8.90. The van der Waals surface area contributed by atoms with Crippen LogP contribution < -0.4 is 10.6 Å². The predicted molar refractivity (Wildman–Crippen MR) is 100 cm³/mol. The van der Waals surface area contributed by atoms with Crippen molar-refractivity contribution in [1.29, 1.82) is 0 Å². The van der Waals surface area contributed by atoms with Crippen molar-refractivity contribution in [2.75, 3.05) is 13.2 Å². The first-order chi connectivity index (χ1) is 12.9. The number of urea groups is 1. The third-order valence-electron chi connectivity index (χ3n) is 5.15. The zero-order chi connectivity index (χ0) is 19.3. The molecule has 0 aromatic heterocycles. The van der Waals surface area contributed by atoms with Crippen LogP contribution in [0.5, 0.6) is 0 Å². The molecule has 7 nitrogen and oxygen atoms in total. The number of halogens is 1. The predicted octanol–water partition coefficient (Wildman–Crippen LogP) is 2.10. The van der Waals surface area contributed by atoms with Gasteiger partial charge in [-0.15, -0.1) is 0 Å². The van der Waals surface area contributed by atoms with Gasteiger partial charge in [0, 0.05) is 16.9 Å². The summed E-state index contributed by atoms with van der Waals surface area (Å²) >= 11 is 3.41. The van der Waals surface area contributed by atoms with Crippen molar-refractivity contribution in [3.8, 4) is 0 Å². The van der Waals surface area contributed by atoms with Gasteiger partial charge >= 0.3 is 12.0 Å². The number of carbonyl (C=O) groups excluding carboxylic acids is 3. The Morgan fingerprint density at radius 3 is 2.59 bits per heavy atom. The zero-order valence-electron chi connectivity index (χ0n) is 15.0. The first-order valence-corrected chi connectivity index (χ1v) is 9.69. The molecule has 0 bridgehead atoms. The summed E-state index contributed by atoms with van der Waals surface area (Å²) in [6.07, 6.45) is -0.518. The minimum atomic E-state index is -0.618. The quantitative estimate of drug-likeness (QED) is 0.712. The van der Waals surface area contributed by atoms with E-state index in [1.807, 2.05) is 38.1 Å². The van der Waals surface area contributed by atoms with Crippen molar-refractivity contribution in [1.82, 2.24) is 15.5 Å². The van der Waals surface area contributed by atoms with Gasteiger partial charge < -0.3 is 15.0 Å². The molecule has 0 saturated carbocycles. The summed E-state index contributed by atoms with van der Waals surface area (Å²) in [5.41, 5.74) is 1.98. The van der Waals surface area contributed by atoms with Crippen LogP contribution in [0.25, 0.3) is 0 Å². The monoisotopic (exact) mass is 433 g/mol. The maximum absolute atomic E-state index is 12.8. The molecule has 3 heterocycles. The van der Waals surface area contributed by atoms with Gasteiger partial charge in [0.1, 0.15) is 12.8 Å². The Balaban J connectivity index is 1.83. The molecule has 8 heteroatoms. The van der Waals surface area contributed by atoms with Gasteiger partial charge in [0.2, 0.25) is 5.91 Å². The van der Waals surface area contributed by atoms with E-state index in [-0.39, 0.29) is 18.4 Å². The lowest BCUT2D eigenvalue weighted by Gasteiger charge is -2.47. The molecular weight excluding hydrogens is 414 g/mol. The van der Waals surface area contributed by atoms with E-state index in [1.54, 1.807) is 4.90 Å². The van der Waals surface area contributed by atoms with E-state index < -0.39 is 30.0 Å². The number of fused-ring (bicyclic) bond motifs is 1. The Morgan fingerprint density at radius 1 is 1.22 bits per heavy atom. The fraction of sp³-hybridized carbons (Fsp3) is 0.421. The van der Waals surface area contributed by atoms with E-state index in [1.165, 1.54) is 0 Å². The molecule has 1 aromatic rings. The highest BCUT2D eigenvalue weighted by molar-refractivity contribution is 9.10. The number of imide groups is 1. The second-order valence-corrected chi connectivity index (χ2v) is 8.37. The highest BCUT2D eigenvalue weighted by Gasteiger charge is 2.53. The highest BCUT2D eigenvalue weighted by atomic mass is 79.9. The molecule has 3 aliphatic heterocycles. The molecule has 4 rings (SSSR count). The van der Waals surface area contributed by atoms with Gasteiger partial charge in [-0.2, -0.15) is 0 Å². The SMILES string of the molecule is CC(C)CN1C(=O)NC(=O)C2C(c3ccc(Br)cc3)C3=C(COC3=O)NC21. The van der Waals surface area contributed by atoms with E-state index in [2.05, 4.69) is 26.6 Å². The number of carbonyl (C=O) groups is 3. The molecule has 3 amide bonds. The maximum atomic E-state index is 12.8. The van der Waals surface area contributed by atoms with Crippen LogP contribution in [0.4, 0.5) is 4.79 Å². The van der Waals surface area contributed by atoms with E-state index in [0.717, 1.165) is 10.0 Å². The topological polar surface area (TPSA) is 87.7 Å². The zero-order valence-corrected chi connectivity index (χ0v) is 16.6. The summed E-state index contributed by atoms with van der Waals surface area (Å²) in [4.78, 5) is 39.4. The van der Waals surface area contributed by atoms with Crippen molar-refractivity contribution < 1.29 is 19.1 Å². The van der Waals surface area contributed by atoms with Crippen molar-refractivity contribution in [2.45, 2.75) is 25.9 Å². The fourth-order valence-electron chi connectivity index (χ4n) is 4.07. The van der Waals surface area contributed by atoms with Crippen molar-refractivity contribution in [3.63, 3.8) is 0 Å². The fourth-order valence-corrected chi connectivity index (χ4v) is 4.33. The van der Waals surface area contributed by atoms with Gasteiger partial charge in [-0.3, -0.25) is 10.1 Å². The second kappa shape index (κ2) is 6.67. The molecule has 0 aliphatic carbocycles. The van der Waals surface area contributed by atoms with Crippen LogP contribution in [-0.2, 0) is 14.3 Å². The first kappa shape index (κ1) is 18.0. The Hall–Kier alpha value is -2.35. The smallest absolute Gasteiger partial charge is 0.336 e. The number of benzene rings is 1. The van der Waals surface area contributed by atoms with Crippen molar-refractivity contribution in [3.05, 3.63) is 45.6 Å². The van der Waals surface area contributed by atoms with E-state index in [0.29, 0.717) is 17.8 Å². The molecule has 2 N–H and O–H groups in total. The number of ether oxygens (including phenoxy) is 1. The lowest BCUT2D eigenvalue weighted by atomic mass is 9.74. The molecule has 27 heavy (non-hydrogen) atoms. The van der Waals surface area contributed by atoms with Gasteiger partial charge in [0.05, 0.1) is 17.2 Å². The lowest BCUT2D eigenvalue weighted by molar-refractivity contribution is -0.136. The summed E-state index contributed by atoms with van der Waals surface area (Å²) in [5, 5.41) is 5.71. The Bertz CT molecular complexity index is 849. The van der Waals surface area contributed by atoms with Crippen molar-refractivity contribution in [2.24, 2.45) is 11.8 Å². The molecule has 142 valence electrons. The Morgan fingerprint density at radius 2 is 1.93 bits per heavy atom. The van der Waals surface area contributed by atoms with Crippen LogP contribution in [0.2, 0.25) is 0 Å². The molecule has 1 saturated heterocycles. The molecule has 3 aliphatic rings. The van der Waals surface area contributed by atoms with Crippen molar-refractivity contribution >= 4 is 33.8 Å². The van der Waals surface area contributed by atoms with Crippen LogP contribution in [0.1, 0.15) is 25.3 Å². The Labute approximate surface area is 165 Å². The molecule has 1 aromatic carbocycles. The van der Waals surface area contributed by atoms with Gasteiger partial charge in [-0.05, 0) is 23.6 Å². The van der Waals surface area contributed by atoms with Gasteiger partial charge in [-0.1, -0.05) is 41.9 Å². The number of cyclic esters (lactones) is 1. The molecule has 3 unspecified atom stereocenters. The standard InChI is InChI=1S/C19H20BrN3O4/c1-9(2)7-23-16-15(17(24)22-19(23)26)13(10-3-5-11(20)6-4-10)14-12(21-16)8-27-18(14)25/h3-6,9,13,15-16,21H,7-8H2,1-2H3,(H,22,24,26). The highest BCUT2D eigenvalue weighted by Crippen LogP contribution is 2.44.